The minimum absolute atomic E-state index is 0.0106. The van der Waals surface area contributed by atoms with Crippen LogP contribution < -0.4 is 16.8 Å². The third-order valence-electron chi connectivity index (χ3n) is 7.00. The van der Waals surface area contributed by atoms with E-state index in [9.17, 15) is 9.59 Å². The van der Waals surface area contributed by atoms with Crippen LogP contribution in [0.25, 0.3) is 0 Å². The molecule has 2 aliphatic heterocycles. The monoisotopic (exact) mass is 511 g/mol. The SMILES string of the molecule is C=NN(C1=CC(=O)NC2=CC(C)=C(C(=O)N3CCN(C/C(N)=C/C=C\N)CC3)CC21)C(C)CCOCC. The van der Waals surface area contributed by atoms with Crippen molar-refractivity contribution < 1.29 is 14.3 Å². The average molecular weight is 512 g/mol. The molecule has 1 saturated heterocycles. The molecule has 1 aliphatic carbocycles. The second-order valence-corrected chi connectivity index (χ2v) is 9.59. The highest BCUT2D eigenvalue weighted by atomic mass is 16.5. The van der Waals surface area contributed by atoms with Crippen molar-refractivity contribution in [3.05, 3.63) is 58.7 Å². The second kappa shape index (κ2) is 13.3. The van der Waals surface area contributed by atoms with E-state index in [4.69, 9.17) is 16.2 Å². The molecule has 10 nitrogen and oxygen atoms in total. The van der Waals surface area contributed by atoms with E-state index >= 15 is 0 Å². The van der Waals surface area contributed by atoms with Gasteiger partial charge in [-0.25, -0.2) is 0 Å². The Labute approximate surface area is 220 Å². The van der Waals surface area contributed by atoms with Gasteiger partial charge in [-0.2, -0.15) is 5.10 Å². The van der Waals surface area contributed by atoms with E-state index in [0.717, 1.165) is 47.7 Å². The summed E-state index contributed by atoms with van der Waals surface area (Å²) in [5, 5.41) is 9.02. The standard InChI is InChI=1S/C27H41N7O3/c1-5-37-14-8-20(3)34(30-4)25-17-26(35)31-24-15-19(2)22(16-23(24)25)27(36)33-12-10-32(11-13-33)18-21(29)7-6-9-28/h6-7,9,15,17,20,23H,4-5,8,10-14,16,18,28-29H2,1-3H3,(H,31,35)/b9-6-,21-7-. The molecule has 0 aromatic rings. The van der Waals surface area contributed by atoms with Crippen molar-refractivity contribution in [1.29, 1.82) is 0 Å². The first-order valence-electron chi connectivity index (χ1n) is 12.9. The lowest BCUT2D eigenvalue weighted by Crippen LogP contribution is -2.50. The highest BCUT2D eigenvalue weighted by Gasteiger charge is 2.37. The molecule has 0 saturated carbocycles. The van der Waals surface area contributed by atoms with Gasteiger partial charge in [0.2, 0.25) is 11.8 Å². The van der Waals surface area contributed by atoms with Gasteiger partial charge in [-0.15, -0.1) is 0 Å². The lowest BCUT2D eigenvalue weighted by Gasteiger charge is -2.39. The van der Waals surface area contributed by atoms with Gasteiger partial charge >= 0.3 is 0 Å². The molecule has 2 amide bonds. The number of nitrogens with two attached hydrogens (primary N) is 2. The first kappa shape index (κ1) is 28.2. The van der Waals surface area contributed by atoms with Gasteiger partial charge in [0.05, 0.1) is 11.7 Å². The Hall–Kier alpha value is -3.37. The number of hydrogen-bond donors (Lipinski definition) is 3. The summed E-state index contributed by atoms with van der Waals surface area (Å²) in [6.07, 6.45) is 9.70. The van der Waals surface area contributed by atoms with Crippen molar-refractivity contribution >= 4 is 18.5 Å². The number of nitrogens with zero attached hydrogens (tertiary/aromatic N) is 4. The largest absolute Gasteiger partial charge is 0.405 e. The van der Waals surface area contributed by atoms with E-state index in [2.05, 4.69) is 22.0 Å². The molecule has 10 heteroatoms. The van der Waals surface area contributed by atoms with E-state index in [1.807, 2.05) is 31.7 Å². The van der Waals surface area contributed by atoms with Gasteiger partial charge in [0.15, 0.2) is 0 Å². The number of fused-ring (bicyclic) bond motifs is 1. The van der Waals surface area contributed by atoms with Crippen LogP contribution in [0.2, 0.25) is 0 Å². The van der Waals surface area contributed by atoms with E-state index in [1.165, 1.54) is 6.20 Å². The number of carbonyl (C=O) groups is 2. The maximum atomic E-state index is 13.6. The van der Waals surface area contributed by atoms with Crippen molar-refractivity contribution in [2.24, 2.45) is 22.5 Å². The highest BCUT2D eigenvalue weighted by molar-refractivity contribution is 5.96. The topological polar surface area (TPSA) is 130 Å². The van der Waals surface area contributed by atoms with E-state index in [-0.39, 0.29) is 23.8 Å². The van der Waals surface area contributed by atoms with Crippen LogP contribution in [0.4, 0.5) is 0 Å². The smallest absolute Gasteiger partial charge is 0.250 e. The van der Waals surface area contributed by atoms with Gasteiger partial charge in [0.1, 0.15) is 0 Å². The summed E-state index contributed by atoms with van der Waals surface area (Å²) < 4.78 is 5.51. The lowest BCUT2D eigenvalue weighted by molar-refractivity contribution is -0.129. The summed E-state index contributed by atoms with van der Waals surface area (Å²) in [7, 11) is 0. The number of ether oxygens (including phenoxy) is 1. The van der Waals surface area contributed by atoms with Crippen LogP contribution >= 0.6 is 0 Å². The van der Waals surface area contributed by atoms with Crippen LogP contribution in [0, 0.1) is 5.92 Å². The molecule has 0 radical (unpaired) electrons. The summed E-state index contributed by atoms with van der Waals surface area (Å²) in [4.78, 5) is 30.3. The predicted octanol–water partition coefficient (Wildman–Crippen LogP) is 1.41. The number of hydrogen-bond acceptors (Lipinski definition) is 8. The van der Waals surface area contributed by atoms with Gasteiger partial charge in [0, 0.05) is 81.6 Å². The third-order valence-corrected chi connectivity index (χ3v) is 7.00. The number of amides is 2. The second-order valence-electron chi connectivity index (χ2n) is 9.59. The van der Waals surface area contributed by atoms with Gasteiger partial charge in [-0.1, -0.05) is 0 Å². The Morgan fingerprint density at radius 1 is 1.35 bits per heavy atom. The van der Waals surface area contributed by atoms with Crippen LogP contribution in [-0.2, 0) is 14.3 Å². The zero-order valence-electron chi connectivity index (χ0n) is 22.3. The molecule has 2 unspecified atom stereocenters. The molecule has 2 atom stereocenters. The Kier molecular flexibility index (Phi) is 10.1. The van der Waals surface area contributed by atoms with Crippen molar-refractivity contribution in [3.63, 3.8) is 0 Å². The molecular formula is C27H41N7O3. The first-order valence-corrected chi connectivity index (χ1v) is 12.9. The van der Waals surface area contributed by atoms with Crippen LogP contribution in [0.1, 0.15) is 33.6 Å². The molecule has 3 aliphatic rings. The van der Waals surface area contributed by atoms with Gasteiger partial charge in [0.25, 0.3) is 0 Å². The maximum absolute atomic E-state index is 13.6. The molecule has 37 heavy (non-hydrogen) atoms. The highest BCUT2D eigenvalue weighted by Crippen LogP contribution is 2.38. The van der Waals surface area contributed by atoms with Crippen LogP contribution in [-0.4, -0.2) is 85.3 Å². The number of nitrogens with one attached hydrogen (secondary N) is 1. The Bertz CT molecular complexity index is 1020. The molecular weight excluding hydrogens is 470 g/mol. The molecule has 3 rings (SSSR count). The van der Waals surface area contributed by atoms with Crippen LogP contribution in [0.5, 0.6) is 0 Å². The number of carbonyl (C=O) groups excluding carboxylic acids is 2. The van der Waals surface area contributed by atoms with Crippen molar-refractivity contribution in [2.75, 3.05) is 45.9 Å². The predicted molar refractivity (Wildman–Crippen MR) is 146 cm³/mol. The first-order chi connectivity index (χ1) is 17.8. The summed E-state index contributed by atoms with van der Waals surface area (Å²) in [5.41, 5.74) is 15.4. The van der Waals surface area contributed by atoms with Gasteiger partial charge in [-0.05, 0) is 63.6 Å². The molecule has 1 fully saturated rings. The van der Waals surface area contributed by atoms with E-state index in [0.29, 0.717) is 39.3 Å². The summed E-state index contributed by atoms with van der Waals surface area (Å²) >= 11 is 0. The fourth-order valence-corrected chi connectivity index (χ4v) is 4.96. The van der Waals surface area contributed by atoms with E-state index < -0.39 is 0 Å². The molecule has 2 heterocycles. The zero-order chi connectivity index (χ0) is 26.9. The minimum atomic E-state index is -0.197. The van der Waals surface area contributed by atoms with Crippen LogP contribution in [0.3, 0.4) is 0 Å². The van der Waals surface area contributed by atoms with Gasteiger partial charge < -0.3 is 26.4 Å². The molecule has 202 valence electrons. The van der Waals surface area contributed by atoms with E-state index in [1.54, 1.807) is 23.2 Å². The Morgan fingerprint density at radius 3 is 2.73 bits per heavy atom. The van der Waals surface area contributed by atoms with Crippen LogP contribution in [0.15, 0.2) is 63.8 Å². The molecule has 0 aromatic carbocycles. The normalized spacial score (nSPS) is 21.8. The fourth-order valence-electron chi connectivity index (χ4n) is 4.96. The van der Waals surface area contributed by atoms with Crippen molar-refractivity contribution in [3.8, 4) is 0 Å². The summed E-state index contributed by atoms with van der Waals surface area (Å²) in [6.45, 7) is 14.3. The lowest BCUT2D eigenvalue weighted by atomic mass is 9.82. The summed E-state index contributed by atoms with van der Waals surface area (Å²) in [6, 6.07) is -0.0106. The maximum Gasteiger partial charge on any atom is 0.250 e. The quantitative estimate of drug-likeness (QED) is 0.166. The Morgan fingerprint density at radius 2 is 2.08 bits per heavy atom. The molecule has 5 N–H and O–H groups in total. The fraction of sp³-hybridized carbons (Fsp3) is 0.519. The molecule has 0 bridgehead atoms. The minimum Gasteiger partial charge on any atom is -0.405 e. The summed E-state index contributed by atoms with van der Waals surface area (Å²) in [5.74, 6) is -0.333. The number of allylic oxidation sites excluding steroid dienone is 4. The average Bonchev–Trinajstić information content (AvgIpc) is 2.87. The number of hydrazone groups is 1. The molecule has 0 spiro atoms. The third kappa shape index (κ3) is 7.11. The van der Waals surface area contributed by atoms with Crippen molar-refractivity contribution in [1.82, 2.24) is 20.1 Å². The van der Waals surface area contributed by atoms with Gasteiger partial charge in [-0.3, -0.25) is 19.5 Å². The number of rotatable bonds is 11. The Balaban J connectivity index is 1.71. The zero-order valence-corrected chi connectivity index (χ0v) is 22.3. The van der Waals surface area contributed by atoms with Crippen molar-refractivity contribution in [2.45, 2.75) is 39.7 Å². The molecule has 0 aromatic heterocycles. The number of piperazine rings is 1.